The van der Waals surface area contributed by atoms with Crippen molar-refractivity contribution in [1.29, 1.82) is 0 Å². The molecule has 1 aliphatic heterocycles. The fourth-order valence-corrected chi connectivity index (χ4v) is 4.65. The van der Waals surface area contributed by atoms with Crippen molar-refractivity contribution in [3.63, 3.8) is 0 Å². The van der Waals surface area contributed by atoms with E-state index in [2.05, 4.69) is 22.3 Å². The fraction of sp³-hybridized carbons (Fsp3) is 0.609. The van der Waals surface area contributed by atoms with Crippen molar-refractivity contribution in [2.75, 3.05) is 20.2 Å². The normalized spacial score (nSPS) is 18.3. The van der Waals surface area contributed by atoms with E-state index >= 15 is 0 Å². The summed E-state index contributed by atoms with van der Waals surface area (Å²) in [5.74, 6) is 3.55. The smallest absolute Gasteiger partial charge is 0.223 e. The van der Waals surface area contributed by atoms with Gasteiger partial charge in [0.25, 0.3) is 0 Å². The SMILES string of the molecule is COc1ccccc1CC1CCN(C(=O)CCc2nnc(C3CCCC3)o2)CC1. The average molecular weight is 398 g/mol. The number of amides is 1. The standard InChI is InChI=1S/C23H31N3O3/c1-28-20-9-5-4-8-19(20)16-17-12-14-26(15-13-17)22(27)11-10-21-24-25-23(29-21)18-6-2-3-7-18/h4-5,8-9,17-18H,2-3,6-7,10-16H2,1H3. The van der Waals surface area contributed by atoms with Gasteiger partial charge < -0.3 is 14.1 Å². The highest BCUT2D eigenvalue weighted by molar-refractivity contribution is 5.76. The molecule has 6 nitrogen and oxygen atoms in total. The Hall–Kier alpha value is -2.37. The van der Waals surface area contributed by atoms with Gasteiger partial charge in [0, 0.05) is 31.8 Å². The van der Waals surface area contributed by atoms with Crippen LogP contribution in [0.15, 0.2) is 28.7 Å². The zero-order valence-electron chi connectivity index (χ0n) is 17.3. The van der Waals surface area contributed by atoms with Gasteiger partial charge in [-0.25, -0.2) is 0 Å². The summed E-state index contributed by atoms with van der Waals surface area (Å²) in [6.07, 6.45) is 8.85. The third-order valence-electron chi connectivity index (χ3n) is 6.41. The lowest BCUT2D eigenvalue weighted by Crippen LogP contribution is -2.39. The molecule has 2 aliphatic rings. The number of nitrogens with zero attached hydrogens (tertiary/aromatic N) is 3. The van der Waals surface area contributed by atoms with E-state index in [1.165, 1.54) is 18.4 Å². The predicted molar refractivity (Wildman–Crippen MR) is 110 cm³/mol. The first-order valence-corrected chi connectivity index (χ1v) is 10.9. The van der Waals surface area contributed by atoms with Crippen molar-refractivity contribution < 1.29 is 13.9 Å². The molecule has 6 heteroatoms. The highest BCUT2D eigenvalue weighted by Crippen LogP contribution is 2.33. The van der Waals surface area contributed by atoms with Crippen molar-refractivity contribution in [3.05, 3.63) is 41.6 Å². The van der Waals surface area contributed by atoms with Gasteiger partial charge in [0.05, 0.1) is 7.11 Å². The van der Waals surface area contributed by atoms with Crippen molar-refractivity contribution >= 4 is 5.91 Å². The van der Waals surface area contributed by atoms with Crippen LogP contribution in [0, 0.1) is 5.92 Å². The summed E-state index contributed by atoms with van der Waals surface area (Å²) >= 11 is 0. The molecule has 0 bridgehead atoms. The number of ether oxygens (including phenoxy) is 1. The molecule has 1 aromatic carbocycles. The summed E-state index contributed by atoms with van der Waals surface area (Å²) in [7, 11) is 1.72. The monoisotopic (exact) mass is 397 g/mol. The lowest BCUT2D eigenvalue weighted by molar-refractivity contribution is -0.132. The van der Waals surface area contributed by atoms with Crippen LogP contribution in [0.25, 0.3) is 0 Å². The van der Waals surface area contributed by atoms with Crippen LogP contribution in [0.5, 0.6) is 5.75 Å². The van der Waals surface area contributed by atoms with Crippen LogP contribution in [-0.4, -0.2) is 41.2 Å². The molecule has 29 heavy (non-hydrogen) atoms. The van der Waals surface area contributed by atoms with Crippen molar-refractivity contribution in [2.45, 2.75) is 63.7 Å². The first-order chi connectivity index (χ1) is 14.2. The Kier molecular flexibility index (Phi) is 6.47. The molecule has 0 spiro atoms. The minimum absolute atomic E-state index is 0.196. The van der Waals surface area contributed by atoms with Crippen LogP contribution in [-0.2, 0) is 17.6 Å². The van der Waals surface area contributed by atoms with Gasteiger partial charge in [0.15, 0.2) is 0 Å². The first kappa shape index (κ1) is 19.9. The number of aromatic nitrogens is 2. The highest BCUT2D eigenvalue weighted by Gasteiger charge is 2.25. The second-order valence-corrected chi connectivity index (χ2v) is 8.36. The Bertz CT molecular complexity index is 805. The van der Waals surface area contributed by atoms with E-state index in [4.69, 9.17) is 9.15 Å². The lowest BCUT2D eigenvalue weighted by Gasteiger charge is -2.32. The molecule has 1 aromatic heterocycles. The molecule has 1 saturated carbocycles. The number of carbonyl (C=O) groups is 1. The summed E-state index contributed by atoms with van der Waals surface area (Å²) in [4.78, 5) is 14.6. The number of rotatable bonds is 7. The van der Waals surface area contributed by atoms with Gasteiger partial charge in [-0.05, 0) is 49.7 Å². The zero-order chi connectivity index (χ0) is 20.1. The molecule has 0 atom stereocenters. The summed E-state index contributed by atoms with van der Waals surface area (Å²) in [6, 6.07) is 8.22. The Morgan fingerprint density at radius 3 is 2.66 bits per heavy atom. The van der Waals surface area contributed by atoms with Crippen LogP contribution in [0.2, 0.25) is 0 Å². The largest absolute Gasteiger partial charge is 0.496 e. The Morgan fingerprint density at radius 1 is 1.14 bits per heavy atom. The molecule has 0 N–H and O–H groups in total. The number of likely N-dealkylation sites (tertiary alicyclic amines) is 1. The summed E-state index contributed by atoms with van der Waals surface area (Å²) < 4.78 is 11.3. The van der Waals surface area contributed by atoms with Gasteiger partial charge in [-0.1, -0.05) is 31.0 Å². The van der Waals surface area contributed by atoms with Crippen molar-refractivity contribution in [1.82, 2.24) is 15.1 Å². The van der Waals surface area contributed by atoms with Gasteiger partial charge in [-0.2, -0.15) is 0 Å². The van der Waals surface area contributed by atoms with Crippen LogP contribution in [0.3, 0.4) is 0 Å². The van der Waals surface area contributed by atoms with Crippen LogP contribution >= 0.6 is 0 Å². The maximum absolute atomic E-state index is 12.6. The van der Waals surface area contributed by atoms with Gasteiger partial charge >= 0.3 is 0 Å². The molecule has 2 heterocycles. The highest BCUT2D eigenvalue weighted by atomic mass is 16.5. The second-order valence-electron chi connectivity index (χ2n) is 8.36. The molecule has 0 unspecified atom stereocenters. The fourth-order valence-electron chi connectivity index (χ4n) is 4.65. The first-order valence-electron chi connectivity index (χ1n) is 10.9. The van der Waals surface area contributed by atoms with Gasteiger partial charge in [-0.15, -0.1) is 10.2 Å². The third-order valence-corrected chi connectivity index (χ3v) is 6.41. The Labute approximate surface area is 172 Å². The summed E-state index contributed by atoms with van der Waals surface area (Å²) in [5, 5.41) is 8.35. The maximum atomic E-state index is 12.6. The minimum Gasteiger partial charge on any atom is -0.496 e. The molecular formula is C23H31N3O3. The molecule has 2 aromatic rings. The summed E-state index contributed by atoms with van der Waals surface area (Å²) in [5.41, 5.74) is 1.26. The topological polar surface area (TPSA) is 68.5 Å². The van der Waals surface area contributed by atoms with E-state index in [1.54, 1.807) is 7.11 Å². The van der Waals surface area contributed by atoms with E-state index < -0.39 is 0 Å². The van der Waals surface area contributed by atoms with E-state index in [1.807, 2.05) is 17.0 Å². The van der Waals surface area contributed by atoms with Crippen LogP contribution in [0.4, 0.5) is 0 Å². The minimum atomic E-state index is 0.196. The third kappa shape index (κ3) is 4.98. The number of aryl methyl sites for hydroxylation is 1. The van der Waals surface area contributed by atoms with Crippen LogP contribution < -0.4 is 4.74 Å². The van der Waals surface area contributed by atoms with Crippen LogP contribution in [0.1, 0.15) is 68.2 Å². The number of methoxy groups -OCH3 is 1. The Morgan fingerprint density at radius 2 is 1.90 bits per heavy atom. The number of hydrogen-bond donors (Lipinski definition) is 0. The summed E-state index contributed by atoms with van der Waals surface area (Å²) in [6.45, 7) is 1.66. The van der Waals surface area contributed by atoms with E-state index in [0.717, 1.165) is 56.8 Å². The maximum Gasteiger partial charge on any atom is 0.223 e. The quantitative estimate of drug-likeness (QED) is 0.702. The van der Waals surface area contributed by atoms with Gasteiger partial charge in [0.1, 0.15) is 5.75 Å². The molecule has 1 saturated heterocycles. The van der Waals surface area contributed by atoms with E-state index in [-0.39, 0.29) is 5.91 Å². The molecule has 156 valence electrons. The number of para-hydroxylation sites is 1. The van der Waals surface area contributed by atoms with Crippen molar-refractivity contribution in [3.8, 4) is 5.75 Å². The van der Waals surface area contributed by atoms with Gasteiger partial charge in [-0.3, -0.25) is 4.79 Å². The Balaban J connectivity index is 1.22. The number of carbonyl (C=O) groups excluding carboxylic acids is 1. The predicted octanol–water partition coefficient (Wildman–Crippen LogP) is 4.15. The molecule has 2 fully saturated rings. The number of hydrogen-bond acceptors (Lipinski definition) is 5. The van der Waals surface area contributed by atoms with E-state index in [9.17, 15) is 4.79 Å². The van der Waals surface area contributed by atoms with E-state index in [0.29, 0.717) is 30.6 Å². The number of piperidine rings is 1. The van der Waals surface area contributed by atoms with Gasteiger partial charge in [0.2, 0.25) is 17.7 Å². The molecule has 1 amide bonds. The number of benzene rings is 1. The molecule has 1 aliphatic carbocycles. The zero-order valence-corrected chi connectivity index (χ0v) is 17.3. The molecule has 0 radical (unpaired) electrons. The lowest BCUT2D eigenvalue weighted by atomic mass is 9.89. The van der Waals surface area contributed by atoms with Crippen molar-refractivity contribution in [2.24, 2.45) is 5.92 Å². The molecular weight excluding hydrogens is 366 g/mol. The second kappa shape index (κ2) is 9.42. The average Bonchev–Trinajstić information content (AvgIpc) is 3.45. The molecule has 4 rings (SSSR count).